The third-order valence-electron chi connectivity index (χ3n) is 1.62. The molecule has 0 radical (unpaired) electrons. The Morgan fingerprint density at radius 3 is 2.57 bits per heavy atom. The molecule has 0 atom stereocenters. The second-order valence-corrected chi connectivity index (χ2v) is 3.30. The van der Waals surface area contributed by atoms with Crippen molar-refractivity contribution in [1.29, 1.82) is 0 Å². The normalized spacial score (nSPS) is 9.86. The monoisotopic (exact) mass is 214 g/mol. The highest BCUT2D eigenvalue weighted by Gasteiger charge is 2.22. The van der Waals surface area contributed by atoms with E-state index in [-0.39, 0.29) is 5.56 Å². The number of ketones is 1. The molecule has 0 fully saturated rings. The standard InChI is InChI=1S/C9H7FO3S/c1-14-6-4-2-3-5(10)7(6)8(11)9(12)13/h2-4H,1H3,(H,12,13). The summed E-state index contributed by atoms with van der Waals surface area (Å²) in [6.07, 6.45) is 1.65. The summed E-state index contributed by atoms with van der Waals surface area (Å²) in [4.78, 5) is 21.8. The number of carboxylic acid groups (broad SMARTS) is 1. The summed E-state index contributed by atoms with van der Waals surface area (Å²) in [6.45, 7) is 0. The Kier molecular flexibility index (Phi) is 3.24. The van der Waals surface area contributed by atoms with Gasteiger partial charge in [0.15, 0.2) is 0 Å². The van der Waals surface area contributed by atoms with Gasteiger partial charge in [-0.3, -0.25) is 4.79 Å². The van der Waals surface area contributed by atoms with Crippen LogP contribution in [0, 0.1) is 5.82 Å². The van der Waals surface area contributed by atoms with Gasteiger partial charge in [-0.1, -0.05) is 6.07 Å². The molecule has 0 bridgehead atoms. The average Bonchev–Trinajstić information content (AvgIpc) is 2.16. The van der Waals surface area contributed by atoms with Crippen molar-refractivity contribution < 1.29 is 19.1 Å². The summed E-state index contributed by atoms with van der Waals surface area (Å²) >= 11 is 1.13. The minimum absolute atomic E-state index is 0.331. The Morgan fingerprint density at radius 2 is 2.07 bits per heavy atom. The number of carboxylic acids is 1. The molecule has 1 aromatic carbocycles. The van der Waals surface area contributed by atoms with Gasteiger partial charge in [0, 0.05) is 4.90 Å². The first-order valence-electron chi connectivity index (χ1n) is 3.68. The Labute approximate surface area is 83.9 Å². The van der Waals surface area contributed by atoms with Crippen LogP contribution in [0.25, 0.3) is 0 Å². The first kappa shape index (κ1) is 10.7. The molecule has 0 spiro atoms. The number of Topliss-reactive ketones (excluding diaryl/α,β-unsaturated/α-hetero) is 1. The number of thioether (sulfide) groups is 1. The van der Waals surface area contributed by atoms with Gasteiger partial charge in [-0.25, -0.2) is 9.18 Å². The smallest absolute Gasteiger partial charge is 0.377 e. The zero-order chi connectivity index (χ0) is 10.7. The number of aliphatic carboxylic acids is 1. The average molecular weight is 214 g/mol. The molecule has 0 aliphatic heterocycles. The molecule has 0 saturated heterocycles. The predicted molar refractivity (Wildman–Crippen MR) is 50.1 cm³/mol. The van der Waals surface area contributed by atoms with Crippen LogP contribution in [0.5, 0.6) is 0 Å². The number of hydrogen-bond acceptors (Lipinski definition) is 3. The molecule has 0 aliphatic carbocycles. The third kappa shape index (κ3) is 1.93. The first-order chi connectivity index (χ1) is 6.57. The van der Waals surface area contributed by atoms with E-state index in [2.05, 4.69) is 0 Å². The SMILES string of the molecule is CSc1cccc(F)c1C(=O)C(=O)O. The van der Waals surface area contributed by atoms with Gasteiger partial charge in [0.2, 0.25) is 0 Å². The molecule has 1 aromatic rings. The molecular weight excluding hydrogens is 207 g/mol. The van der Waals surface area contributed by atoms with Crippen LogP contribution in [0.15, 0.2) is 23.1 Å². The molecule has 14 heavy (non-hydrogen) atoms. The van der Waals surface area contributed by atoms with Crippen LogP contribution < -0.4 is 0 Å². The Bertz CT molecular complexity index is 390. The number of halogens is 1. The fourth-order valence-electron chi connectivity index (χ4n) is 1.00. The van der Waals surface area contributed by atoms with Gasteiger partial charge in [0.05, 0.1) is 5.56 Å². The van der Waals surface area contributed by atoms with Gasteiger partial charge in [-0.2, -0.15) is 0 Å². The van der Waals surface area contributed by atoms with Crippen molar-refractivity contribution in [1.82, 2.24) is 0 Å². The first-order valence-corrected chi connectivity index (χ1v) is 4.90. The van der Waals surface area contributed by atoms with Crippen LogP contribution in [-0.4, -0.2) is 23.1 Å². The molecule has 0 heterocycles. The van der Waals surface area contributed by atoms with Crippen molar-refractivity contribution in [3.05, 3.63) is 29.6 Å². The van der Waals surface area contributed by atoms with Gasteiger partial charge in [-0.05, 0) is 18.4 Å². The molecular formula is C9H7FO3S. The number of carbonyl (C=O) groups is 2. The molecule has 1 N–H and O–H groups in total. The van der Waals surface area contributed by atoms with Crippen LogP contribution in [0.4, 0.5) is 4.39 Å². The van der Waals surface area contributed by atoms with Crippen molar-refractivity contribution in [2.24, 2.45) is 0 Å². The van der Waals surface area contributed by atoms with Crippen LogP contribution in [0.2, 0.25) is 0 Å². The van der Waals surface area contributed by atoms with Crippen molar-refractivity contribution in [3.8, 4) is 0 Å². The van der Waals surface area contributed by atoms with Gasteiger partial charge in [-0.15, -0.1) is 11.8 Å². The fraction of sp³-hybridized carbons (Fsp3) is 0.111. The van der Waals surface area contributed by atoms with E-state index in [0.29, 0.717) is 4.90 Å². The summed E-state index contributed by atoms with van der Waals surface area (Å²) < 4.78 is 13.2. The summed E-state index contributed by atoms with van der Waals surface area (Å²) in [6, 6.07) is 4.00. The molecule has 0 saturated carbocycles. The Morgan fingerprint density at radius 1 is 1.43 bits per heavy atom. The van der Waals surface area contributed by atoms with Crippen LogP contribution in [-0.2, 0) is 4.79 Å². The summed E-state index contributed by atoms with van der Waals surface area (Å²) in [5.41, 5.74) is -0.368. The fourth-order valence-corrected chi connectivity index (χ4v) is 1.61. The lowest BCUT2D eigenvalue weighted by Crippen LogP contribution is -2.15. The van der Waals surface area contributed by atoms with E-state index in [0.717, 1.165) is 17.8 Å². The minimum atomic E-state index is -1.65. The lowest BCUT2D eigenvalue weighted by Gasteiger charge is -2.04. The van der Waals surface area contributed by atoms with Gasteiger partial charge in [0.25, 0.3) is 5.78 Å². The highest BCUT2D eigenvalue weighted by Crippen LogP contribution is 2.23. The van der Waals surface area contributed by atoms with Crippen LogP contribution >= 0.6 is 11.8 Å². The lowest BCUT2D eigenvalue weighted by molar-refractivity contribution is -0.131. The van der Waals surface area contributed by atoms with E-state index in [1.807, 2.05) is 0 Å². The zero-order valence-electron chi connectivity index (χ0n) is 7.28. The molecule has 3 nitrogen and oxygen atoms in total. The second-order valence-electron chi connectivity index (χ2n) is 2.45. The zero-order valence-corrected chi connectivity index (χ0v) is 8.10. The Balaban J connectivity index is 3.30. The van der Waals surface area contributed by atoms with E-state index in [1.165, 1.54) is 12.1 Å². The van der Waals surface area contributed by atoms with Crippen molar-refractivity contribution in [2.45, 2.75) is 4.90 Å². The van der Waals surface area contributed by atoms with Crippen molar-refractivity contribution in [2.75, 3.05) is 6.26 Å². The molecule has 5 heteroatoms. The van der Waals surface area contributed by atoms with E-state index in [1.54, 1.807) is 6.26 Å². The molecule has 0 aliphatic rings. The van der Waals surface area contributed by atoms with E-state index >= 15 is 0 Å². The van der Waals surface area contributed by atoms with Crippen LogP contribution in [0.1, 0.15) is 10.4 Å². The maximum atomic E-state index is 13.2. The van der Waals surface area contributed by atoms with Crippen molar-refractivity contribution in [3.63, 3.8) is 0 Å². The topological polar surface area (TPSA) is 54.4 Å². The highest BCUT2D eigenvalue weighted by molar-refractivity contribution is 7.98. The van der Waals surface area contributed by atoms with Crippen LogP contribution in [0.3, 0.4) is 0 Å². The highest BCUT2D eigenvalue weighted by atomic mass is 32.2. The molecule has 0 aromatic heterocycles. The summed E-state index contributed by atoms with van der Waals surface area (Å²) in [7, 11) is 0. The van der Waals surface area contributed by atoms with Crippen molar-refractivity contribution >= 4 is 23.5 Å². The number of hydrogen-bond donors (Lipinski definition) is 1. The maximum absolute atomic E-state index is 13.2. The number of rotatable bonds is 3. The second kappa shape index (κ2) is 4.23. The minimum Gasteiger partial charge on any atom is -0.475 e. The molecule has 74 valence electrons. The number of carbonyl (C=O) groups excluding carboxylic acids is 1. The largest absolute Gasteiger partial charge is 0.475 e. The Hall–Kier alpha value is -1.36. The lowest BCUT2D eigenvalue weighted by atomic mass is 10.1. The predicted octanol–water partition coefficient (Wildman–Crippen LogP) is 1.81. The van der Waals surface area contributed by atoms with Gasteiger partial charge >= 0.3 is 5.97 Å². The van der Waals surface area contributed by atoms with Gasteiger partial charge in [0.1, 0.15) is 5.82 Å². The van der Waals surface area contributed by atoms with E-state index in [4.69, 9.17) is 5.11 Å². The quantitative estimate of drug-likeness (QED) is 0.473. The third-order valence-corrected chi connectivity index (χ3v) is 2.40. The van der Waals surface area contributed by atoms with E-state index < -0.39 is 17.6 Å². The molecule has 0 unspecified atom stereocenters. The molecule has 0 amide bonds. The summed E-state index contributed by atoms with van der Waals surface area (Å²) in [5.74, 6) is -3.66. The molecule has 1 rings (SSSR count). The maximum Gasteiger partial charge on any atom is 0.377 e. The van der Waals surface area contributed by atoms with E-state index in [9.17, 15) is 14.0 Å². The van der Waals surface area contributed by atoms with Gasteiger partial charge < -0.3 is 5.11 Å². The summed E-state index contributed by atoms with van der Waals surface area (Å²) in [5, 5.41) is 8.45. The number of benzene rings is 1.